The molecule has 0 fully saturated rings. The largest absolute Gasteiger partial charge is 0.465 e. The predicted octanol–water partition coefficient (Wildman–Crippen LogP) is 2.30. The summed E-state index contributed by atoms with van der Waals surface area (Å²) in [7, 11) is 2.86. The Labute approximate surface area is 124 Å². The molecule has 21 heavy (non-hydrogen) atoms. The van der Waals surface area contributed by atoms with Gasteiger partial charge in [0.25, 0.3) is 0 Å². The molecular weight excluding hydrogens is 275 g/mol. The lowest BCUT2D eigenvalue weighted by atomic mass is 10.1. The number of benzene rings is 1. The van der Waals surface area contributed by atoms with Crippen LogP contribution in [-0.2, 0) is 9.47 Å². The van der Waals surface area contributed by atoms with Crippen molar-refractivity contribution in [2.75, 3.05) is 44.5 Å². The summed E-state index contributed by atoms with van der Waals surface area (Å²) in [5.41, 5.74) is 6.25. The Kier molecular flexibility index (Phi) is 6.42. The van der Waals surface area contributed by atoms with Crippen molar-refractivity contribution in [2.45, 2.75) is 13.8 Å². The Morgan fingerprint density at radius 3 is 2.57 bits per heavy atom. The van der Waals surface area contributed by atoms with Gasteiger partial charge in [0.15, 0.2) is 0 Å². The lowest BCUT2D eigenvalue weighted by Gasteiger charge is -2.27. The number of ether oxygens (including phenoxy) is 2. The second-order valence-corrected chi connectivity index (χ2v) is 5.22. The molecule has 118 valence electrons. The van der Waals surface area contributed by atoms with E-state index in [0.29, 0.717) is 31.3 Å². The molecule has 0 atom stereocenters. The summed E-state index contributed by atoms with van der Waals surface area (Å²) in [6.07, 6.45) is 0. The zero-order valence-corrected chi connectivity index (χ0v) is 13.0. The monoisotopic (exact) mass is 298 g/mol. The number of methoxy groups -OCH3 is 2. The number of anilines is 2. The molecule has 0 saturated carbocycles. The van der Waals surface area contributed by atoms with Crippen molar-refractivity contribution in [1.29, 1.82) is 0 Å². The summed E-state index contributed by atoms with van der Waals surface area (Å²) in [4.78, 5) is 13.5. The molecule has 0 aromatic heterocycles. The zero-order chi connectivity index (χ0) is 16.0. The van der Waals surface area contributed by atoms with Crippen LogP contribution in [0.1, 0.15) is 24.2 Å². The van der Waals surface area contributed by atoms with Gasteiger partial charge in [-0.2, -0.15) is 0 Å². The molecule has 0 bridgehead atoms. The first kappa shape index (κ1) is 17.2. The minimum atomic E-state index is -0.579. The summed E-state index contributed by atoms with van der Waals surface area (Å²) in [6, 6.07) is 2.59. The van der Waals surface area contributed by atoms with E-state index in [2.05, 4.69) is 4.74 Å². The van der Waals surface area contributed by atoms with Crippen LogP contribution in [0.15, 0.2) is 12.1 Å². The van der Waals surface area contributed by atoms with Crippen LogP contribution in [0, 0.1) is 11.7 Å². The molecule has 1 aromatic rings. The van der Waals surface area contributed by atoms with Gasteiger partial charge in [-0.05, 0) is 18.1 Å². The average Bonchev–Trinajstić information content (AvgIpc) is 2.42. The SMILES string of the molecule is COCCN(CC(C)C)c1cc(C(=O)OC)c(N)cc1F. The van der Waals surface area contributed by atoms with E-state index >= 15 is 0 Å². The molecule has 0 aliphatic heterocycles. The molecule has 1 aromatic carbocycles. The molecule has 0 spiro atoms. The van der Waals surface area contributed by atoms with Gasteiger partial charge in [-0.25, -0.2) is 9.18 Å². The maximum absolute atomic E-state index is 14.2. The van der Waals surface area contributed by atoms with Gasteiger partial charge in [0.2, 0.25) is 0 Å². The highest BCUT2D eigenvalue weighted by Gasteiger charge is 2.19. The Balaban J connectivity index is 3.19. The molecule has 0 aliphatic rings. The number of hydrogen-bond donors (Lipinski definition) is 1. The van der Waals surface area contributed by atoms with Crippen molar-refractivity contribution < 1.29 is 18.7 Å². The highest BCUT2D eigenvalue weighted by atomic mass is 19.1. The first-order chi connectivity index (χ1) is 9.90. The van der Waals surface area contributed by atoms with Crippen LogP contribution in [0.2, 0.25) is 0 Å². The van der Waals surface area contributed by atoms with Crippen molar-refractivity contribution in [2.24, 2.45) is 5.92 Å². The summed E-state index contributed by atoms with van der Waals surface area (Å²) in [5, 5.41) is 0. The first-order valence-electron chi connectivity index (χ1n) is 6.81. The molecule has 0 saturated heterocycles. The summed E-state index contributed by atoms with van der Waals surface area (Å²) in [5.74, 6) is -0.706. The maximum atomic E-state index is 14.2. The Bertz CT molecular complexity index is 492. The number of carbonyl (C=O) groups is 1. The minimum absolute atomic E-state index is 0.0688. The smallest absolute Gasteiger partial charge is 0.340 e. The van der Waals surface area contributed by atoms with Gasteiger partial charge < -0.3 is 20.1 Å². The van der Waals surface area contributed by atoms with Crippen molar-refractivity contribution >= 4 is 17.3 Å². The molecular formula is C15H23FN2O3. The Morgan fingerprint density at radius 2 is 2.05 bits per heavy atom. The maximum Gasteiger partial charge on any atom is 0.340 e. The van der Waals surface area contributed by atoms with Gasteiger partial charge in [0.1, 0.15) is 5.82 Å². The highest BCUT2D eigenvalue weighted by Crippen LogP contribution is 2.26. The summed E-state index contributed by atoms with van der Waals surface area (Å²) in [6.45, 7) is 5.71. The van der Waals surface area contributed by atoms with Crippen molar-refractivity contribution in [3.05, 3.63) is 23.5 Å². The van der Waals surface area contributed by atoms with Gasteiger partial charge in [-0.3, -0.25) is 0 Å². The van der Waals surface area contributed by atoms with Crippen molar-refractivity contribution in [3.8, 4) is 0 Å². The number of nitrogens with two attached hydrogens (primary N) is 1. The third-order valence-electron chi connectivity index (χ3n) is 3.02. The minimum Gasteiger partial charge on any atom is -0.465 e. The van der Waals surface area contributed by atoms with Crippen LogP contribution in [0.4, 0.5) is 15.8 Å². The topological polar surface area (TPSA) is 64.8 Å². The normalized spacial score (nSPS) is 10.8. The molecule has 0 unspecified atom stereocenters. The molecule has 6 heteroatoms. The summed E-state index contributed by atoms with van der Waals surface area (Å²) >= 11 is 0. The lowest BCUT2D eigenvalue weighted by Crippen LogP contribution is -2.32. The molecule has 2 N–H and O–H groups in total. The fraction of sp³-hybridized carbons (Fsp3) is 0.533. The van der Waals surface area contributed by atoms with E-state index in [4.69, 9.17) is 10.5 Å². The standard InChI is InChI=1S/C15H23FN2O3/c1-10(2)9-18(5-6-20-3)14-7-11(15(19)21-4)13(17)8-12(14)16/h7-8,10H,5-6,9,17H2,1-4H3. The van der Waals surface area contributed by atoms with Gasteiger partial charge in [-0.1, -0.05) is 13.8 Å². The van der Waals surface area contributed by atoms with E-state index in [1.807, 2.05) is 18.7 Å². The number of carbonyl (C=O) groups excluding carboxylic acids is 1. The third kappa shape index (κ3) is 4.60. The molecule has 0 radical (unpaired) electrons. The molecule has 0 heterocycles. The molecule has 0 amide bonds. The van der Waals surface area contributed by atoms with Crippen LogP contribution >= 0.6 is 0 Å². The van der Waals surface area contributed by atoms with E-state index in [-0.39, 0.29) is 11.3 Å². The van der Waals surface area contributed by atoms with Crippen LogP contribution < -0.4 is 10.6 Å². The Hall–Kier alpha value is -1.82. The quantitative estimate of drug-likeness (QED) is 0.618. The van der Waals surface area contributed by atoms with Gasteiger partial charge in [0, 0.05) is 25.9 Å². The molecule has 0 aliphatic carbocycles. The average molecular weight is 298 g/mol. The Morgan fingerprint density at radius 1 is 1.38 bits per heavy atom. The second kappa shape index (κ2) is 7.83. The number of rotatable bonds is 7. The highest BCUT2D eigenvalue weighted by molar-refractivity contribution is 5.96. The predicted molar refractivity (Wildman–Crippen MR) is 81.1 cm³/mol. The summed E-state index contributed by atoms with van der Waals surface area (Å²) < 4.78 is 23.9. The second-order valence-electron chi connectivity index (χ2n) is 5.22. The molecule has 5 nitrogen and oxygen atoms in total. The third-order valence-corrected chi connectivity index (χ3v) is 3.02. The zero-order valence-electron chi connectivity index (χ0n) is 13.0. The van der Waals surface area contributed by atoms with E-state index in [1.54, 1.807) is 7.11 Å². The van der Waals surface area contributed by atoms with Gasteiger partial charge in [0.05, 0.1) is 25.0 Å². The number of halogens is 1. The van der Waals surface area contributed by atoms with Crippen LogP contribution in [0.5, 0.6) is 0 Å². The fourth-order valence-electron chi connectivity index (χ4n) is 2.06. The van der Waals surface area contributed by atoms with E-state index in [0.717, 1.165) is 6.07 Å². The van der Waals surface area contributed by atoms with E-state index < -0.39 is 11.8 Å². The van der Waals surface area contributed by atoms with Gasteiger partial charge in [-0.15, -0.1) is 0 Å². The van der Waals surface area contributed by atoms with Gasteiger partial charge >= 0.3 is 5.97 Å². The molecule has 1 rings (SSSR count). The number of hydrogen-bond acceptors (Lipinski definition) is 5. The van der Waals surface area contributed by atoms with Crippen molar-refractivity contribution in [1.82, 2.24) is 0 Å². The number of nitrogen functional groups attached to an aromatic ring is 1. The van der Waals surface area contributed by atoms with E-state index in [9.17, 15) is 9.18 Å². The van der Waals surface area contributed by atoms with Crippen LogP contribution in [0.3, 0.4) is 0 Å². The van der Waals surface area contributed by atoms with Crippen LogP contribution in [0.25, 0.3) is 0 Å². The first-order valence-corrected chi connectivity index (χ1v) is 6.81. The fourth-order valence-corrected chi connectivity index (χ4v) is 2.06. The number of nitrogens with zero attached hydrogens (tertiary/aromatic N) is 1. The lowest BCUT2D eigenvalue weighted by molar-refractivity contribution is 0.0602. The number of esters is 1. The van der Waals surface area contributed by atoms with Crippen molar-refractivity contribution in [3.63, 3.8) is 0 Å². The van der Waals surface area contributed by atoms with E-state index in [1.165, 1.54) is 13.2 Å². The van der Waals surface area contributed by atoms with Crippen LogP contribution in [-0.4, -0.2) is 39.9 Å².